The molecule has 2 unspecified atom stereocenters. The first-order valence-corrected chi connectivity index (χ1v) is 5.76. The molecule has 0 aliphatic heterocycles. The van der Waals surface area contributed by atoms with Crippen LogP contribution in [0.4, 0.5) is 0 Å². The van der Waals surface area contributed by atoms with Gasteiger partial charge in [-0.15, -0.1) is 0 Å². The number of nitrogens with one attached hydrogen (secondary N) is 3. The molecule has 0 heterocycles. The third-order valence-corrected chi connectivity index (χ3v) is 2.31. The summed E-state index contributed by atoms with van der Waals surface area (Å²) in [5.41, 5.74) is 5.27. The van der Waals surface area contributed by atoms with Gasteiger partial charge in [0.25, 0.3) is 0 Å². The Morgan fingerprint density at radius 2 is 1.75 bits per heavy atom. The largest absolute Gasteiger partial charge is 0.481 e. The Morgan fingerprint density at radius 1 is 1.15 bits per heavy atom. The fourth-order valence-electron chi connectivity index (χ4n) is 1.26. The predicted octanol–water partition coefficient (Wildman–Crippen LogP) is -1.78. The van der Waals surface area contributed by atoms with Gasteiger partial charge in [0.15, 0.2) is 5.96 Å². The number of hydrogen-bond acceptors (Lipinski definition) is 5. The van der Waals surface area contributed by atoms with Gasteiger partial charge in [0, 0.05) is 6.54 Å². The number of carbonyl (C=O) groups is 3. The first kappa shape index (κ1) is 17.6. The quantitative estimate of drug-likeness (QED) is 0.146. The molecule has 8 N–H and O–H groups in total. The van der Waals surface area contributed by atoms with Gasteiger partial charge >= 0.3 is 17.9 Å². The molecule has 0 fully saturated rings. The van der Waals surface area contributed by atoms with E-state index in [1.165, 1.54) is 0 Å². The second-order valence-corrected chi connectivity index (χ2v) is 4.02. The average Bonchev–Trinajstić information content (AvgIpc) is 2.32. The second kappa shape index (κ2) is 8.69. The zero-order chi connectivity index (χ0) is 15.7. The average molecular weight is 290 g/mol. The van der Waals surface area contributed by atoms with Crippen LogP contribution >= 0.6 is 0 Å². The highest BCUT2D eigenvalue weighted by molar-refractivity contribution is 5.86. The first-order chi connectivity index (χ1) is 9.23. The Labute approximate surface area is 114 Å². The van der Waals surface area contributed by atoms with Crippen molar-refractivity contribution in [2.24, 2.45) is 5.73 Å². The van der Waals surface area contributed by atoms with E-state index in [1.54, 1.807) is 0 Å². The van der Waals surface area contributed by atoms with Crippen LogP contribution < -0.4 is 16.4 Å². The van der Waals surface area contributed by atoms with Gasteiger partial charge < -0.3 is 31.7 Å². The molecule has 10 nitrogen and oxygen atoms in total. The van der Waals surface area contributed by atoms with Crippen molar-refractivity contribution in [3.63, 3.8) is 0 Å². The van der Waals surface area contributed by atoms with E-state index in [0.29, 0.717) is 6.42 Å². The van der Waals surface area contributed by atoms with Crippen LogP contribution in [-0.2, 0) is 14.4 Å². The molecular weight excluding hydrogens is 272 g/mol. The summed E-state index contributed by atoms with van der Waals surface area (Å²) in [5, 5.41) is 37.9. The minimum absolute atomic E-state index is 0.201. The maximum Gasteiger partial charge on any atom is 0.326 e. The normalized spacial score (nSPS) is 13.1. The van der Waals surface area contributed by atoms with E-state index in [4.69, 9.17) is 26.5 Å². The topological polar surface area (TPSA) is 186 Å². The molecule has 114 valence electrons. The van der Waals surface area contributed by atoms with Crippen molar-refractivity contribution in [2.75, 3.05) is 6.54 Å². The van der Waals surface area contributed by atoms with Crippen molar-refractivity contribution < 1.29 is 29.7 Å². The van der Waals surface area contributed by atoms with Gasteiger partial charge in [0.1, 0.15) is 12.1 Å². The van der Waals surface area contributed by atoms with Crippen LogP contribution in [0.1, 0.15) is 19.3 Å². The molecular formula is C10H18N4O6. The summed E-state index contributed by atoms with van der Waals surface area (Å²) < 4.78 is 0. The number of carboxylic acid groups (broad SMARTS) is 3. The number of carboxylic acids is 3. The third kappa shape index (κ3) is 7.87. The molecule has 2 atom stereocenters. The lowest BCUT2D eigenvalue weighted by Crippen LogP contribution is -2.47. The maximum absolute atomic E-state index is 10.7. The van der Waals surface area contributed by atoms with Gasteiger partial charge in [0.2, 0.25) is 0 Å². The minimum Gasteiger partial charge on any atom is -0.481 e. The van der Waals surface area contributed by atoms with E-state index < -0.39 is 36.4 Å². The summed E-state index contributed by atoms with van der Waals surface area (Å²) in [6.07, 6.45) is -0.0927. The number of guanidine groups is 1. The van der Waals surface area contributed by atoms with Crippen LogP contribution in [0.25, 0.3) is 0 Å². The zero-order valence-electron chi connectivity index (χ0n) is 10.6. The van der Waals surface area contributed by atoms with E-state index in [-0.39, 0.29) is 18.9 Å². The number of aliphatic carboxylic acids is 3. The van der Waals surface area contributed by atoms with Gasteiger partial charge in [-0.1, -0.05) is 0 Å². The molecule has 0 saturated heterocycles. The molecule has 0 saturated carbocycles. The standard InChI is InChI=1S/C10H18N4O6/c11-5(8(17)18)2-1-3-13-10(12)14-6(9(19)20)4-7(15)16/h5-6H,1-4,11H2,(H,15,16)(H,17,18)(H,19,20)(H3,12,13,14). The molecule has 0 aromatic rings. The van der Waals surface area contributed by atoms with Crippen molar-refractivity contribution >= 4 is 23.9 Å². The third-order valence-electron chi connectivity index (χ3n) is 2.31. The molecule has 0 aromatic heterocycles. The highest BCUT2D eigenvalue weighted by Crippen LogP contribution is 1.94. The van der Waals surface area contributed by atoms with E-state index in [9.17, 15) is 14.4 Å². The lowest BCUT2D eigenvalue weighted by Gasteiger charge is -2.15. The summed E-state index contributed by atoms with van der Waals surface area (Å²) in [5.74, 6) is -4.15. The van der Waals surface area contributed by atoms with Gasteiger partial charge in [-0.3, -0.25) is 15.0 Å². The van der Waals surface area contributed by atoms with Crippen molar-refractivity contribution in [3.8, 4) is 0 Å². The van der Waals surface area contributed by atoms with Crippen LogP contribution in [0.5, 0.6) is 0 Å². The Kier molecular flexibility index (Phi) is 7.67. The summed E-state index contributed by atoms with van der Waals surface area (Å²) >= 11 is 0. The van der Waals surface area contributed by atoms with E-state index in [0.717, 1.165) is 0 Å². The molecule has 0 aliphatic rings. The summed E-state index contributed by atoms with van der Waals surface area (Å²) in [6.45, 7) is 0.215. The number of nitrogens with two attached hydrogens (primary N) is 1. The first-order valence-electron chi connectivity index (χ1n) is 5.76. The molecule has 0 aromatic carbocycles. The summed E-state index contributed by atoms with van der Waals surface area (Å²) in [6, 6.07) is -2.40. The highest BCUT2D eigenvalue weighted by atomic mass is 16.4. The molecule has 0 bridgehead atoms. The molecule has 0 aliphatic carbocycles. The second-order valence-electron chi connectivity index (χ2n) is 4.02. The highest BCUT2D eigenvalue weighted by Gasteiger charge is 2.21. The Balaban J connectivity index is 4.00. The SMILES string of the molecule is N=C(NCCCC(N)C(=O)O)NC(CC(=O)O)C(=O)O. The Hall–Kier alpha value is -2.36. The lowest BCUT2D eigenvalue weighted by atomic mass is 10.2. The predicted molar refractivity (Wildman–Crippen MR) is 67.4 cm³/mol. The van der Waals surface area contributed by atoms with Gasteiger partial charge in [-0.2, -0.15) is 0 Å². The van der Waals surface area contributed by atoms with Gasteiger partial charge in [-0.05, 0) is 12.8 Å². The molecule has 0 radical (unpaired) electrons. The number of hydrogen-bond donors (Lipinski definition) is 7. The van der Waals surface area contributed by atoms with Crippen LogP contribution in [0.3, 0.4) is 0 Å². The van der Waals surface area contributed by atoms with Gasteiger partial charge in [-0.25, -0.2) is 4.79 Å². The zero-order valence-corrected chi connectivity index (χ0v) is 10.6. The summed E-state index contributed by atoms with van der Waals surface area (Å²) in [7, 11) is 0. The Bertz CT molecular complexity index is 386. The van der Waals surface area contributed by atoms with Crippen LogP contribution in [0.15, 0.2) is 0 Å². The van der Waals surface area contributed by atoms with Crippen molar-refractivity contribution in [1.29, 1.82) is 5.41 Å². The maximum atomic E-state index is 10.7. The van der Waals surface area contributed by atoms with E-state index in [1.807, 2.05) is 0 Å². The van der Waals surface area contributed by atoms with Crippen molar-refractivity contribution in [1.82, 2.24) is 10.6 Å². The molecule has 0 amide bonds. The lowest BCUT2D eigenvalue weighted by molar-refractivity contribution is -0.145. The monoisotopic (exact) mass is 290 g/mol. The fraction of sp³-hybridized carbons (Fsp3) is 0.600. The Morgan fingerprint density at radius 3 is 2.20 bits per heavy atom. The minimum atomic E-state index is -1.41. The van der Waals surface area contributed by atoms with Crippen molar-refractivity contribution in [3.05, 3.63) is 0 Å². The molecule has 20 heavy (non-hydrogen) atoms. The number of rotatable bonds is 9. The van der Waals surface area contributed by atoms with E-state index in [2.05, 4.69) is 10.6 Å². The molecule has 0 spiro atoms. The summed E-state index contributed by atoms with van der Waals surface area (Å²) in [4.78, 5) is 31.6. The van der Waals surface area contributed by atoms with Crippen LogP contribution in [0, 0.1) is 5.41 Å². The fourth-order valence-corrected chi connectivity index (χ4v) is 1.26. The van der Waals surface area contributed by atoms with Crippen molar-refractivity contribution in [2.45, 2.75) is 31.3 Å². The van der Waals surface area contributed by atoms with Gasteiger partial charge in [0.05, 0.1) is 6.42 Å². The molecule has 10 heteroatoms. The van der Waals surface area contributed by atoms with Crippen LogP contribution in [-0.4, -0.2) is 57.8 Å². The smallest absolute Gasteiger partial charge is 0.326 e. The van der Waals surface area contributed by atoms with E-state index >= 15 is 0 Å². The molecule has 0 rings (SSSR count). The van der Waals surface area contributed by atoms with Crippen LogP contribution in [0.2, 0.25) is 0 Å².